The van der Waals surface area contributed by atoms with Crippen LogP contribution >= 0.6 is 0 Å². The Morgan fingerprint density at radius 1 is 1.40 bits per heavy atom. The molecule has 0 fully saturated rings. The van der Waals surface area contributed by atoms with Crippen LogP contribution in [0, 0.1) is 18.6 Å². The van der Waals surface area contributed by atoms with E-state index in [0.717, 1.165) is 12.1 Å². The highest BCUT2D eigenvalue weighted by Crippen LogP contribution is 2.17. The molecule has 0 unspecified atom stereocenters. The lowest BCUT2D eigenvalue weighted by Crippen LogP contribution is -2.26. The van der Waals surface area contributed by atoms with Crippen LogP contribution in [0.1, 0.15) is 22.1 Å². The monoisotopic (exact) mass is 282 g/mol. The van der Waals surface area contributed by atoms with Gasteiger partial charge in [-0.3, -0.25) is 4.79 Å². The van der Waals surface area contributed by atoms with Gasteiger partial charge in [0.2, 0.25) is 5.89 Å². The van der Waals surface area contributed by atoms with Gasteiger partial charge in [0.05, 0.1) is 0 Å². The smallest absolute Gasteiger partial charge is 0.251 e. The number of benzene rings is 1. The second-order valence-electron chi connectivity index (χ2n) is 4.09. The summed E-state index contributed by atoms with van der Waals surface area (Å²) in [6, 6.07) is 1.76. The highest BCUT2D eigenvalue weighted by atomic mass is 19.1. The van der Waals surface area contributed by atoms with Crippen LogP contribution in [0.2, 0.25) is 0 Å². The van der Waals surface area contributed by atoms with Crippen molar-refractivity contribution in [3.63, 3.8) is 0 Å². The summed E-state index contributed by atoms with van der Waals surface area (Å²) in [5, 5.41) is 6.15. The van der Waals surface area contributed by atoms with Crippen LogP contribution in [0.5, 0.6) is 0 Å². The normalized spacial score (nSPS) is 10.6. The molecular formula is C12H12F2N4O2. The molecule has 0 saturated heterocycles. The number of anilines is 1. The van der Waals surface area contributed by atoms with Gasteiger partial charge in [-0.25, -0.2) is 8.78 Å². The maximum Gasteiger partial charge on any atom is 0.251 e. The molecule has 106 valence electrons. The fourth-order valence-corrected chi connectivity index (χ4v) is 1.55. The van der Waals surface area contributed by atoms with Crippen LogP contribution in [0.4, 0.5) is 14.5 Å². The minimum Gasteiger partial charge on any atom is -0.394 e. The molecule has 0 bridgehead atoms. The molecule has 20 heavy (non-hydrogen) atoms. The molecule has 0 aliphatic carbocycles. The quantitative estimate of drug-likeness (QED) is 0.822. The predicted molar refractivity (Wildman–Crippen MR) is 65.8 cm³/mol. The number of hydrogen-bond acceptors (Lipinski definition) is 5. The van der Waals surface area contributed by atoms with Crippen molar-refractivity contribution in [2.75, 3.05) is 12.3 Å². The average Bonchev–Trinajstić information content (AvgIpc) is 2.81. The van der Waals surface area contributed by atoms with Crippen molar-refractivity contribution in [3.8, 4) is 0 Å². The Balaban J connectivity index is 1.95. The SMILES string of the molecule is Cc1nc(CCNC(=O)c2cc(F)c(N)c(F)c2)no1. The van der Waals surface area contributed by atoms with Gasteiger partial charge in [0.15, 0.2) is 5.82 Å². The number of carbonyl (C=O) groups is 1. The molecule has 0 aliphatic rings. The van der Waals surface area contributed by atoms with Crippen LogP contribution in [0.25, 0.3) is 0 Å². The van der Waals surface area contributed by atoms with E-state index < -0.39 is 23.2 Å². The number of nitrogens with zero attached hydrogens (tertiary/aromatic N) is 2. The summed E-state index contributed by atoms with van der Waals surface area (Å²) in [5.74, 6) is -1.68. The number of aromatic nitrogens is 2. The number of aryl methyl sites for hydroxylation is 1. The number of amides is 1. The minimum absolute atomic E-state index is 0.140. The Labute approximate surface area is 113 Å². The Morgan fingerprint density at radius 3 is 2.60 bits per heavy atom. The van der Waals surface area contributed by atoms with Crippen molar-refractivity contribution in [1.82, 2.24) is 15.5 Å². The van der Waals surface area contributed by atoms with Crippen molar-refractivity contribution in [2.45, 2.75) is 13.3 Å². The lowest BCUT2D eigenvalue weighted by Gasteiger charge is -2.05. The van der Waals surface area contributed by atoms with Crippen LogP contribution in [-0.2, 0) is 6.42 Å². The van der Waals surface area contributed by atoms with Crippen LogP contribution in [-0.4, -0.2) is 22.6 Å². The van der Waals surface area contributed by atoms with E-state index in [1.165, 1.54) is 0 Å². The molecule has 1 amide bonds. The van der Waals surface area contributed by atoms with E-state index in [0.29, 0.717) is 18.1 Å². The highest BCUT2D eigenvalue weighted by Gasteiger charge is 2.13. The summed E-state index contributed by atoms with van der Waals surface area (Å²) in [7, 11) is 0. The van der Waals surface area contributed by atoms with Crippen molar-refractivity contribution < 1.29 is 18.1 Å². The number of nitrogens with two attached hydrogens (primary N) is 1. The lowest BCUT2D eigenvalue weighted by molar-refractivity contribution is 0.0953. The third-order valence-corrected chi connectivity index (χ3v) is 2.55. The van der Waals surface area contributed by atoms with Crippen molar-refractivity contribution in [1.29, 1.82) is 0 Å². The first kappa shape index (κ1) is 13.9. The van der Waals surface area contributed by atoms with Gasteiger partial charge in [-0.15, -0.1) is 0 Å². The van der Waals surface area contributed by atoms with Crippen molar-refractivity contribution >= 4 is 11.6 Å². The minimum atomic E-state index is -0.969. The zero-order chi connectivity index (χ0) is 14.7. The van der Waals surface area contributed by atoms with Gasteiger partial charge in [0, 0.05) is 25.5 Å². The van der Waals surface area contributed by atoms with Gasteiger partial charge in [0.1, 0.15) is 17.3 Å². The summed E-state index contributed by atoms with van der Waals surface area (Å²) < 4.78 is 31.2. The standard InChI is InChI=1S/C12H12F2N4O2/c1-6-17-10(18-20-6)2-3-16-12(19)7-4-8(13)11(15)9(14)5-7/h4-5H,2-3,15H2,1H3,(H,16,19). The zero-order valence-corrected chi connectivity index (χ0v) is 10.6. The highest BCUT2D eigenvalue weighted by molar-refractivity contribution is 5.94. The van der Waals surface area contributed by atoms with Crippen molar-refractivity contribution in [2.24, 2.45) is 0 Å². The van der Waals surface area contributed by atoms with E-state index in [1.54, 1.807) is 6.92 Å². The summed E-state index contributed by atoms with van der Waals surface area (Å²) in [4.78, 5) is 15.7. The first-order valence-electron chi connectivity index (χ1n) is 5.79. The number of rotatable bonds is 4. The summed E-state index contributed by atoms with van der Waals surface area (Å²) in [6.45, 7) is 1.86. The van der Waals surface area contributed by atoms with Gasteiger partial charge in [-0.1, -0.05) is 5.16 Å². The van der Waals surface area contributed by atoms with Gasteiger partial charge in [-0.05, 0) is 12.1 Å². The van der Waals surface area contributed by atoms with E-state index in [9.17, 15) is 13.6 Å². The van der Waals surface area contributed by atoms with E-state index in [-0.39, 0.29) is 12.1 Å². The molecule has 2 rings (SSSR count). The molecule has 0 atom stereocenters. The van der Waals surface area contributed by atoms with E-state index in [1.807, 2.05) is 0 Å². The fraction of sp³-hybridized carbons (Fsp3) is 0.250. The molecule has 6 nitrogen and oxygen atoms in total. The molecule has 1 heterocycles. The molecule has 2 aromatic rings. The Morgan fingerprint density at radius 2 is 2.05 bits per heavy atom. The van der Waals surface area contributed by atoms with E-state index in [4.69, 9.17) is 10.3 Å². The first-order chi connectivity index (χ1) is 9.47. The summed E-state index contributed by atoms with van der Waals surface area (Å²) in [6.07, 6.45) is 0.350. The largest absolute Gasteiger partial charge is 0.394 e. The average molecular weight is 282 g/mol. The second-order valence-corrected chi connectivity index (χ2v) is 4.09. The first-order valence-corrected chi connectivity index (χ1v) is 5.79. The Bertz CT molecular complexity index is 619. The fourth-order valence-electron chi connectivity index (χ4n) is 1.55. The third-order valence-electron chi connectivity index (χ3n) is 2.55. The Kier molecular flexibility index (Phi) is 3.92. The number of nitrogen functional groups attached to an aromatic ring is 1. The van der Waals surface area contributed by atoms with Gasteiger partial charge >= 0.3 is 0 Å². The van der Waals surface area contributed by atoms with Crippen LogP contribution in [0.3, 0.4) is 0 Å². The molecule has 3 N–H and O–H groups in total. The Hall–Kier alpha value is -2.51. The lowest BCUT2D eigenvalue weighted by atomic mass is 10.1. The molecule has 0 saturated carbocycles. The molecule has 1 aromatic heterocycles. The maximum atomic E-state index is 13.2. The van der Waals surface area contributed by atoms with Crippen LogP contribution < -0.4 is 11.1 Å². The molecule has 8 heteroatoms. The number of nitrogens with one attached hydrogen (secondary N) is 1. The van der Waals surface area contributed by atoms with E-state index in [2.05, 4.69) is 15.5 Å². The summed E-state index contributed by atoms with van der Waals surface area (Å²) in [5.41, 5.74) is 4.37. The predicted octanol–water partition coefficient (Wildman–Crippen LogP) is 1.21. The topological polar surface area (TPSA) is 94.0 Å². The van der Waals surface area contributed by atoms with Gasteiger partial charge in [-0.2, -0.15) is 4.98 Å². The van der Waals surface area contributed by atoms with Gasteiger partial charge < -0.3 is 15.6 Å². The number of halogens is 2. The molecular weight excluding hydrogens is 270 g/mol. The molecule has 0 aliphatic heterocycles. The third kappa shape index (κ3) is 3.08. The van der Waals surface area contributed by atoms with Crippen LogP contribution in [0.15, 0.2) is 16.7 Å². The van der Waals surface area contributed by atoms with E-state index >= 15 is 0 Å². The maximum absolute atomic E-state index is 13.2. The van der Waals surface area contributed by atoms with Crippen molar-refractivity contribution in [3.05, 3.63) is 41.0 Å². The summed E-state index contributed by atoms with van der Waals surface area (Å²) >= 11 is 0. The molecule has 1 aromatic carbocycles. The van der Waals surface area contributed by atoms with Gasteiger partial charge in [0.25, 0.3) is 5.91 Å². The zero-order valence-electron chi connectivity index (χ0n) is 10.6. The number of hydrogen-bond donors (Lipinski definition) is 2. The second kappa shape index (κ2) is 5.64. The molecule has 0 spiro atoms. The number of carbonyl (C=O) groups excluding carboxylic acids is 1. The molecule has 0 radical (unpaired) electrons.